The second-order valence-corrected chi connectivity index (χ2v) is 8.32. The number of carbonyl (C=O) groups excluding carboxylic acids is 1. The molecule has 1 aromatic carbocycles. The van der Waals surface area contributed by atoms with Crippen LogP contribution in [0.25, 0.3) is 10.9 Å². The fraction of sp³-hybridized carbons (Fsp3) is 0.524. The third-order valence-corrected chi connectivity index (χ3v) is 6.11. The number of carbonyl (C=O) groups is 1. The Kier molecular flexibility index (Phi) is 7.35. The number of fused-ring (bicyclic) bond motifs is 1. The predicted molar refractivity (Wildman–Crippen MR) is 112 cm³/mol. The number of nitrogens with zero attached hydrogens (tertiary/aromatic N) is 1. The largest absolute Gasteiger partial charge is 0.497 e. The van der Waals surface area contributed by atoms with E-state index < -0.39 is 0 Å². The van der Waals surface area contributed by atoms with E-state index in [1.165, 1.54) is 6.42 Å². The zero-order valence-electron chi connectivity index (χ0n) is 16.1. The lowest BCUT2D eigenvalue weighted by atomic mass is 10.1. The average molecular weight is 389 g/mol. The maximum atomic E-state index is 12.4. The van der Waals surface area contributed by atoms with Crippen LogP contribution in [0.15, 0.2) is 24.4 Å². The smallest absolute Gasteiger partial charge is 0.224 e. The molecule has 27 heavy (non-hydrogen) atoms. The van der Waals surface area contributed by atoms with Crippen LogP contribution in [0, 0.1) is 6.92 Å². The maximum absolute atomic E-state index is 12.4. The molecule has 0 bridgehead atoms. The quantitative estimate of drug-likeness (QED) is 0.671. The molecule has 1 aromatic heterocycles. The summed E-state index contributed by atoms with van der Waals surface area (Å²) in [4.78, 5) is 16.8. The molecule has 0 aliphatic carbocycles. The third-order valence-electron chi connectivity index (χ3n) is 4.86. The van der Waals surface area contributed by atoms with Crippen molar-refractivity contribution in [3.05, 3.63) is 30.0 Å². The first-order valence-electron chi connectivity index (χ1n) is 9.60. The summed E-state index contributed by atoms with van der Waals surface area (Å²) >= 11 is 2.01. The van der Waals surface area contributed by atoms with Gasteiger partial charge in [0.05, 0.1) is 31.5 Å². The Labute approximate surface area is 165 Å². The molecular formula is C21H28N2O3S. The lowest BCUT2D eigenvalue weighted by molar-refractivity contribution is -0.116. The van der Waals surface area contributed by atoms with Gasteiger partial charge in [0.25, 0.3) is 0 Å². The van der Waals surface area contributed by atoms with Crippen LogP contribution >= 0.6 is 11.8 Å². The molecule has 1 aliphatic rings. The molecule has 0 saturated carbocycles. The Morgan fingerprint density at radius 1 is 1.37 bits per heavy atom. The lowest BCUT2D eigenvalue weighted by Gasteiger charge is -2.21. The molecule has 1 N–H and O–H groups in total. The van der Waals surface area contributed by atoms with Gasteiger partial charge in [-0.05, 0) is 37.5 Å². The number of aromatic nitrogens is 1. The van der Waals surface area contributed by atoms with Crippen molar-refractivity contribution in [3.63, 3.8) is 0 Å². The van der Waals surface area contributed by atoms with Gasteiger partial charge in [-0.15, -0.1) is 0 Å². The lowest BCUT2D eigenvalue weighted by Crippen LogP contribution is -2.20. The summed E-state index contributed by atoms with van der Waals surface area (Å²) < 4.78 is 10.9. The van der Waals surface area contributed by atoms with E-state index in [0.29, 0.717) is 17.4 Å². The summed E-state index contributed by atoms with van der Waals surface area (Å²) in [5.74, 6) is 1.86. The van der Waals surface area contributed by atoms with E-state index in [4.69, 9.17) is 9.47 Å². The van der Waals surface area contributed by atoms with E-state index in [-0.39, 0.29) is 5.91 Å². The first kappa shape index (κ1) is 20.0. The second-order valence-electron chi connectivity index (χ2n) is 6.91. The number of anilines is 1. The minimum Gasteiger partial charge on any atom is -0.497 e. The van der Waals surface area contributed by atoms with Crippen LogP contribution in [0.5, 0.6) is 5.75 Å². The van der Waals surface area contributed by atoms with Crippen molar-refractivity contribution in [2.75, 3.05) is 31.4 Å². The van der Waals surface area contributed by atoms with Crippen molar-refractivity contribution >= 4 is 34.3 Å². The Morgan fingerprint density at radius 2 is 2.26 bits per heavy atom. The summed E-state index contributed by atoms with van der Waals surface area (Å²) in [6.45, 7) is 3.79. The van der Waals surface area contributed by atoms with Crippen LogP contribution in [0.2, 0.25) is 0 Å². The van der Waals surface area contributed by atoms with E-state index in [2.05, 4.69) is 10.3 Å². The molecule has 1 aliphatic heterocycles. The molecule has 0 radical (unpaired) electrons. The number of hydrogen-bond donors (Lipinski definition) is 1. The second kappa shape index (κ2) is 9.95. The van der Waals surface area contributed by atoms with Gasteiger partial charge in [0.2, 0.25) is 5.91 Å². The molecule has 1 saturated heterocycles. The standard InChI is InChI=1S/C21H28N2O3S/c1-15-8-9-22-21-18(15)12-16(25-2)13-19(21)23-20(24)7-5-3-4-6-17-14-26-10-11-27-17/h8-9,12-13,17H,3-7,10-11,14H2,1-2H3,(H,23,24). The van der Waals surface area contributed by atoms with Crippen LogP contribution in [0.3, 0.4) is 0 Å². The molecule has 5 nitrogen and oxygen atoms in total. The van der Waals surface area contributed by atoms with Crippen molar-refractivity contribution in [3.8, 4) is 5.75 Å². The van der Waals surface area contributed by atoms with Crippen molar-refractivity contribution in [2.45, 2.75) is 44.3 Å². The fourth-order valence-electron chi connectivity index (χ4n) is 3.32. The van der Waals surface area contributed by atoms with Gasteiger partial charge in [-0.25, -0.2) is 0 Å². The first-order valence-corrected chi connectivity index (χ1v) is 10.6. The molecule has 1 atom stereocenters. The van der Waals surface area contributed by atoms with E-state index in [0.717, 1.165) is 60.4 Å². The molecule has 3 rings (SSSR count). The number of ether oxygens (including phenoxy) is 2. The normalized spacial score (nSPS) is 17.0. The summed E-state index contributed by atoms with van der Waals surface area (Å²) in [6.07, 6.45) is 6.60. The monoisotopic (exact) mass is 388 g/mol. The molecule has 2 aromatic rings. The number of amides is 1. The number of methoxy groups -OCH3 is 1. The molecular weight excluding hydrogens is 360 g/mol. The molecule has 6 heteroatoms. The van der Waals surface area contributed by atoms with Crippen molar-refractivity contribution in [1.82, 2.24) is 4.98 Å². The number of thioether (sulfide) groups is 1. The summed E-state index contributed by atoms with van der Waals surface area (Å²) in [7, 11) is 1.63. The SMILES string of the molecule is COc1cc(NC(=O)CCCCCC2COCCS2)c2nccc(C)c2c1. The van der Waals surface area contributed by atoms with E-state index >= 15 is 0 Å². The highest BCUT2D eigenvalue weighted by molar-refractivity contribution is 8.00. The summed E-state index contributed by atoms with van der Waals surface area (Å²) in [5.41, 5.74) is 2.63. The minimum atomic E-state index is 0.0308. The average Bonchev–Trinajstić information content (AvgIpc) is 2.69. The molecule has 1 fully saturated rings. The number of rotatable bonds is 8. The van der Waals surface area contributed by atoms with Gasteiger partial charge in [-0.1, -0.05) is 12.8 Å². The van der Waals surface area contributed by atoms with Gasteiger partial charge in [-0.2, -0.15) is 11.8 Å². The molecule has 1 unspecified atom stereocenters. The van der Waals surface area contributed by atoms with E-state index in [1.807, 2.05) is 36.9 Å². The summed E-state index contributed by atoms with van der Waals surface area (Å²) in [6, 6.07) is 5.76. The molecule has 0 spiro atoms. The van der Waals surface area contributed by atoms with Crippen LogP contribution in [0.1, 0.15) is 37.7 Å². The number of nitrogens with one attached hydrogen (secondary N) is 1. The predicted octanol–water partition coefficient (Wildman–Crippen LogP) is 4.57. The van der Waals surface area contributed by atoms with Crippen molar-refractivity contribution in [2.24, 2.45) is 0 Å². The van der Waals surface area contributed by atoms with Gasteiger partial charge in [0, 0.05) is 35.1 Å². The Bertz CT molecular complexity index is 775. The van der Waals surface area contributed by atoms with Gasteiger partial charge in [0.15, 0.2) is 0 Å². The minimum absolute atomic E-state index is 0.0308. The number of pyridine rings is 1. The number of hydrogen-bond acceptors (Lipinski definition) is 5. The summed E-state index contributed by atoms with van der Waals surface area (Å²) in [5, 5.41) is 4.65. The molecule has 1 amide bonds. The number of aryl methyl sites for hydroxylation is 1. The van der Waals surface area contributed by atoms with Crippen LogP contribution in [-0.2, 0) is 9.53 Å². The molecule has 2 heterocycles. The van der Waals surface area contributed by atoms with Crippen molar-refractivity contribution < 1.29 is 14.3 Å². The van der Waals surface area contributed by atoms with E-state index in [1.54, 1.807) is 13.3 Å². The van der Waals surface area contributed by atoms with Crippen molar-refractivity contribution in [1.29, 1.82) is 0 Å². The highest BCUT2D eigenvalue weighted by atomic mass is 32.2. The highest BCUT2D eigenvalue weighted by Crippen LogP contribution is 2.30. The van der Waals surface area contributed by atoms with Gasteiger partial charge < -0.3 is 14.8 Å². The first-order chi connectivity index (χ1) is 13.2. The zero-order chi connectivity index (χ0) is 19.1. The Morgan fingerprint density at radius 3 is 3.04 bits per heavy atom. The van der Waals surface area contributed by atoms with Gasteiger partial charge in [-0.3, -0.25) is 9.78 Å². The number of unbranched alkanes of at least 4 members (excludes halogenated alkanes) is 2. The van der Waals surface area contributed by atoms with Crippen LogP contribution in [-0.4, -0.2) is 42.2 Å². The fourth-order valence-corrected chi connectivity index (χ4v) is 4.40. The zero-order valence-corrected chi connectivity index (χ0v) is 16.9. The van der Waals surface area contributed by atoms with Gasteiger partial charge in [0.1, 0.15) is 5.75 Å². The van der Waals surface area contributed by atoms with E-state index in [9.17, 15) is 4.79 Å². The molecule has 146 valence electrons. The Hall–Kier alpha value is -1.79. The Balaban J connectivity index is 1.51. The maximum Gasteiger partial charge on any atom is 0.224 e. The topological polar surface area (TPSA) is 60.5 Å². The van der Waals surface area contributed by atoms with Gasteiger partial charge >= 0.3 is 0 Å². The third kappa shape index (κ3) is 5.59. The highest BCUT2D eigenvalue weighted by Gasteiger charge is 2.14. The number of benzene rings is 1. The van der Waals surface area contributed by atoms with Crippen LogP contribution < -0.4 is 10.1 Å². The van der Waals surface area contributed by atoms with Crippen LogP contribution in [0.4, 0.5) is 5.69 Å².